The summed E-state index contributed by atoms with van der Waals surface area (Å²) in [6.07, 6.45) is 1.15. The second-order valence-electron chi connectivity index (χ2n) is 3.60. The number of thiophene rings is 1. The van der Waals surface area contributed by atoms with E-state index in [1.165, 1.54) is 16.3 Å². The molecule has 0 atom stereocenters. The highest BCUT2D eigenvalue weighted by Gasteiger charge is 2.01. The normalized spacial score (nSPS) is 10.7. The highest BCUT2D eigenvalue weighted by molar-refractivity contribution is 7.09. The van der Waals surface area contributed by atoms with Gasteiger partial charge in [-0.15, -0.1) is 11.3 Å². The quantitative estimate of drug-likeness (QED) is 0.723. The van der Waals surface area contributed by atoms with Gasteiger partial charge in [0, 0.05) is 22.8 Å². The van der Waals surface area contributed by atoms with Crippen molar-refractivity contribution < 1.29 is 0 Å². The van der Waals surface area contributed by atoms with Gasteiger partial charge in [0.2, 0.25) is 0 Å². The Kier molecular flexibility index (Phi) is 2.73. The molecule has 0 bridgehead atoms. The highest BCUT2D eigenvalue weighted by atomic mass is 32.1. The summed E-state index contributed by atoms with van der Waals surface area (Å²) in [6, 6.07) is 8.70. The third-order valence-corrected chi connectivity index (χ3v) is 3.52. The van der Waals surface area contributed by atoms with Crippen molar-refractivity contribution in [2.75, 3.05) is 0 Å². The van der Waals surface area contributed by atoms with E-state index < -0.39 is 0 Å². The Labute approximate surface area is 89.0 Å². The standard InChI is InChI=1S/C12H15NS/c1-10-5-6-11(2)13(10)8-7-12-4-3-9-14-12/h3-6,9H,7-8H2,1-2H3. The number of aryl methyl sites for hydroxylation is 3. The monoisotopic (exact) mass is 205 g/mol. The molecule has 0 radical (unpaired) electrons. The molecule has 0 amide bonds. The van der Waals surface area contributed by atoms with Crippen molar-refractivity contribution in [2.24, 2.45) is 0 Å². The molecule has 0 spiro atoms. The fourth-order valence-electron chi connectivity index (χ4n) is 1.73. The van der Waals surface area contributed by atoms with Crippen LogP contribution in [0.25, 0.3) is 0 Å². The van der Waals surface area contributed by atoms with Crippen LogP contribution in [0.1, 0.15) is 16.3 Å². The van der Waals surface area contributed by atoms with Crippen molar-refractivity contribution in [3.63, 3.8) is 0 Å². The average Bonchev–Trinajstić information content (AvgIpc) is 2.76. The number of hydrogen-bond donors (Lipinski definition) is 0. The van der Waals surface area contributed by atoms with Gasteiger partial charge in [0.25, 0.3) is 0 Å². The molecule has 14 heavy (non-hydrogen) atoms. The van der Waals surface area contributed by atoms with Crippen LogP contribution in [0.3, 0.4) is 0 Å². The molecule has 0 aromatic carbocycles. The third-order valence-electron chi connectivity index (χ3n) is 2.58. The zero-order valence-corrected chi connectivity index (χ0v) is 9.47. The predicted molar refractivity (Wildman–Crippen MR) is 61.9 cm³/mol. The Balaban J connectivity index is 2.05. The molecule has 2 aromatic rings. The minimum Gasteiger partial charge on any atom is -0.349 e. The molecule has 0 unspecified atom stereocenters. The molecule has 0 fully saturated rings. The smallest absolute Gasteiger partial charge is 0.0273 e. The van der Waals surface area contributed by atoms with Crippen molar-refractivity contribution in [1.82, 2.24) is 4.57 Å². The molecular weight excluding hydrogens is 190 g/mol. The summed E-state index contributed by atoms with van der Waals surface area (Å²) in [4.78, 5) is 1.47. The van der Waals surface area contributed by atoms with Gasteiger partial charge in [-0.05, 0) is 43.8 Å². The number of nitrogens with zero attached hydrogens (tertiary/aromatic N) is 1. The van der Waals surface area contributed by atoms with Crippen molar-refractivity contribution in [3.05, 3.63) is 45.9 Å². The lowest BCUT2D eigenvalue weighted by Crippen LogP contribution is -2.03. The molecular formula is C12H15NS. The van der Waals surface area contributed by atoms with Gasteiger partial charge >= 0.3 is 0 Å². The minimum absolute atomic E-state index is 1.10. The Morgan fingerprint density at radius 2 is 1.86 bits per heavy atom. The third kappa shape index (κ3) is 1.90. The van der Waals surface area contributed by atoms with Crippen molar-refractivity contribution in [2.45, 2.75) is 26.8 Å². The summed E-state index contributed by atoms with van der Waals surface area (Å²) in [5, 5.41) is 2.14. The first-order valence-corrected chi connectivity index (χ1v) is 5.80. The SMILES string of the molecule is Cc1ccc(C)n1CCc1cccs1. The second kappa shape index (κ2) is 4.01. The van der Waals surface area contributed by atoms with E-state index in [2.05, 4.69) is 48.1 Å². The van der Waals surface area contributed by atoms with Gasteiger partial charge < -0.3 is 4.57 Å². The Morgan fingerprint density at radius 3 is 2.43 bits per heavy atom. The van der Waals surface area contributed by atoms with Crippen LogP contribution in [0.5, 0.6) is 0 Å². The van der Waals surface area contributed by atoms with Crippen LogP contribution in [0.2, 0.25) is 0 Å². The summed E-state index contributed by atoms with van der Waals surface area (Å²) in [5.41, 5.74) is 2.72. The lowest BCUT2D eigenvalue weighted by molar-refractivity contribution is 0.668. The molecule has 0 saturated carbocycles. The Bertz CT molecular complexity index is 378. The first kappa shape index (κ1) is 9.53. The lowest BCUT2D eigenvalue weighted by Gasteiger charge is -2.07. The van der Waals surface area contributed by atoms with Crippen LogP contribution in [-0.4, -0.2) is 4.57 Å². The molecule has 1 nitrogen and oxygen atoms in total. The molecule has 2 rings (SSSR count). The van der Waals surface area contributed by atoms with Crippen LogP contribution < -0.4 is 0 Å². The molecule has 2 heteroatoms. The van der Waals surface area contributed by atoms with Gasteiger partial charge in [-0.2, -0.15) is 0 Å². The van der Waals surface area contributed by atoms with Gasteiger partial charge in [-0.25, -0.2) is 0 Å². The van der Waals surface area contributed by atoms with Crippen molar-refractivity contribution in [3.8, 4) is 0 Å². The van der Waals surface area contributed by atoms with Gasteiger partial charge in [-0.3, -0.25) is 0 Å². The summed E-state index contributed by atoms with van der Waals surface area (Å²) in [7, 11) is 0. The van der Waals surface area contributed by atoms with Gasteiger partial charge in [0.1, 0.15) is 0 Å². The van der Waals surface area contributed by atoms with Crippen LogP contribution in [-0.2, 0) is 13.0 Å². The maximum atomic E-state index is 2.37. The number of hydrogen-bond acceptors (Lipinski definition) is 1. The number of rotatable bonds is 3. The van der Waals surface area contributed by atoms with Crippen LogP contribution in [0, 0.1) is 13.8 Å². The molecule has 2 heterocycles. The first-order valence-electron chi connectivity index (χ1n) is 4.92. The van der Waals surface area contributed by atoms with E-state index in [9.17, 15) is 0 Å². The zero-order valence-electron chi connectivity index (χ0n) is 8.66. The first-order chi connectivity index (χ1) is 6.77. The van der Waals surface area contributed by atoms with E-state index in [-0.39, 0.29) is 0 Å². The lowest BCUT2D eigenvalue weighted by atomic mass is 10.3. The summed E-state index contributed by atoms with van der Waals surface area (Å²) in [6.45, 7) is 5.44. The molecule has 0 aliphatic carbocycles. The van der Waals surface area contributed by atoms with Crippen LogP contribution >= 0.6 is 11.3 Å². The van der Waals surface area contributed by atoms with Gasteiger partial charge in [0.15, 0.2) is 0 Å². The molecule has 0 aliphatic rings. The average molecular weight is 205 g/mol. The molecule has 74 valence electrons. The Morgan fingerprint density at radius 1 is 1.14 bits per heavy atom. The largest absolute Gasteiger partial charge is 0.349 e. The van der Waals surface area contributed by atoms with E-state index in [0.717, 1.165) is 13.0 Å². The maximum Gasteiger partial charge on any atom is 0.0273 e. The van der Waals surface area contributed by atoms with Gasteiger partial charge in [-0.1, -0.05) is 6.07 Å². The van der Waals surface area contributed by atoms with Gasteiger partial charge in [0.05, 0.1) is 0 Å². The molecule has 0 aliphatic heterocycles. The van der Waals surface area contributed by atoms with Crippen molar-refractivity contribution in [1.29, 1.82) is 0 Å². The minimum atomic E-state index is 1.10. The fourth-order valence-corrected chi connectivity index (χ4v) is 2.43. The fraction of sp³-hybridized carbons (Fsp3) is 0.333. The number of aromatic nitrogens is 1. The molecule has 0 N–H and O–H groups in total. The van der Waals surface area contributed by atoms with E-state index in [1.807, 2.05) is 11.3 Å². The van der Waals surface area contributed by atoms with E-state index >= 15 is 0 Å². The van der Waals surface area contributed by atoms with Crippen LogP contribution in [0.15, 0.2) is 29.6 Å². The predicted octanol–water partition coefficient (Wildman–Crippen LogP) is 3.41. The summed E-state index contributed by atoms with van der Waals surface area (Å²) >= 11 is 1.84. The molecule has 2 aromatic heterocycles. The van der Waals surface area contributed by atoms with E-state index in [1.54, 1.807) is 0 Å². The maximum absolute atomic E-state index is 2.37. The summed E-state index contributed by atoms with van der Waals surface area (Å²) < 4.78 is 2.37. The van der Waals surface area contributed by atoms with Crippen LogP contribution in [0.4, 0.5) is 0 Å². The second-order valence-corrected chi connectivity index (χ2v) is 4.63. The van der Waals surface area contributed by atoms with E-state index in [4.69, 9.17) is 0 Å². The Hall–Kier alpha value is -1.02. The molecule has 0 saturated heterocycles. The van der Waals surface area contributed by atoms with Crippen molar-refractivity contribution >= 4 is 11.3 Å². The topological polar surface area (TPSA) is 4.93 Å². The summed E-state index contributed by atoms with van der Waals surface area (Å²) in [5.74, 6) is 0. The highest BCUT2D eigenvalue weighted by Crippen LogP contribution is 2.13. The van der Waals surface area contributed by atoms with E-state index in [0.29, 0.717) is 0 Å². The zero-order chi connectivity index (χ0) is 9.97.